The zero-order chi connectivity index (χ0) is 12.0. The molecule has 0 saturated heterocycles. The Morgan fingerprint density at radius 1 is 1.50 bits per heavy atom. The van der Waals surface area contributed by atoms with E-state index in [1.54, 1.807) is 6.07 Å². The lowest BCUT2D eigenvalue weighted by molar-refractivity contribution is 0.309. The van der Waals surface area contributed by atoms with Crippen LogP contribution >= 0.6 is 11.6 Å². The molecule has 4 heteroatoms. The second kappa shape index (κ2) is 6.38. The summed E-state index contributed by atoms with van der Waals surface area (Å²) in [5.41, 5.74) is 6.25. The fourth-order valence-corrected chi connectivity index (χ4v) is 1.58. The van der Waals surface area contributed by atoms with Crippen molar-refractivity contribution >= 4 is 17.4 Å². The number of nitrogens with two attached hydrogens (primary N) is 1. The molecule has 0 aromatic heterocycles. The van der Waals surface area contributed by atoms with Crippen molar-refractivity contribution in [2.24, 2.45) is 5.73 Å². The first kappa shape index (κ1) is 12.8. The molecule has 3 nitrogen and oxygen atoms in total. The molecule has 0 unspecified atom stereocenters. The normalized spacial score (nSPS) is 10.1. The predicted molar refractivity (Wildman–Crippen MR) is 67.5 cm³/mol. The Kier molecular flexibility index (Phi) is 5.12. The summed E-state index contributed by atoms with van der Waals surface area (Å²) in [6, 6.07) is 5.51. The maximum absolute atomic E-state index is 7.20. The molecule has 3 N–H and O–H groups in total. The minimum absolute atomic E-state index is 0.135. The highest BCUT2D eigenvalue weighted by atomic mass is 35.5. The predicted octanol–water partition coefficient (Wildman–Crippen LogP) is 3.00. The second-order valence-electron chi connectivity index (χ2n) is 3.67. The average Bonchev–Trinajstić information content (AvgIpc) is 2.20. The number of nitrogens with one attached hydrogen (secondary N) is 1. The van der Waals surface area contributed by atoms with Gasteiger partial charge in [0.05, 0.1) is 17.5 Å². The van der Waals surface area contributed by atoms with E-state index >= 15 is 0 Å². The third-order valence-corrected chi connectivity index (χ3v) is 2.44. The van der Waals surface area contributed by atoms with E-state index in [4.69, 9.17) is 27.5 Å². The monoisotopic (exact) mass is 240 g/mol. The standard InChI is InChI=1S/C12H17ClN2O/c1-2-3-6-16-11-5-4-9(7-10(11)13)8-12(14)15/h4-5,7H,2-3,6,8H2,1H3,(H3,14,15). The molecule has 0 amide bonds. The van der Waals surface area contributed by atoms with Gasteiger partial charge in [-0.05, 0) is 24.1 Å². The molecule has 88 valence electrons. The van der Waals surface area contributed by atoms with Gasteiger partial charge in [-0.2, -0.15) is 0 Å². The maximum atomic E-state index is 7.20. The largest absolute Gasteiger partial charge is 0.492 e. The van der Waals surface area contributed by atoms with Crippen LogP contribution in [-0.2, 0) is 6.42 Å². The summed E-state index contributed by atoms with van der Waals surface area (Å²) in [5.74, 6) is 0.832. The Labute approximate surface area is 101 Å². The van der Waals surface area contributed by atoms with Gasteiger partial charge in [0.1, 0.15) is 5.75 Å². The minimum atomic E-state index is 0.135. The van der Waals surface area contributed by atoms with Crippen LogP contribution in [0, 0.1) is 5.41 Å². The number of hydrogen-bond donors (Lipinski definition) is 2. The molecule has 0 bridgehead atoms. The van der Waals surface area contributed by atoms with Crippen LogP contribution in [0.5, 0.6) is 5.75 Å². The molecular weight excluding hydrogens is 224 g/mol. The van der Waals surface area contributed by atoms with E-state index in [0.29, 0.717) is 23.8 Å². The highest BCUT2D eigenvalue weighted by molar-refractivity contribution is 6.32. The van der Waals surface area contributed by atoms with Gasteiger partial charge in [-0.15, -0.1) is 0 Å². The van der Waals surface area contributed by atoms with Gasteiger partial charge in [0, 0.05) is 6.42 Å². The molecule has 0 saturated carbocycles. The molecule has 1 aromatic rings. The molecule has 1 aromatic carbocycles. The Morgan fingerprint density at radius 2 is 2.25 bits per heavy atom. The Bertz CT molecular complexity index is 366. The smallest absolute Gasteiger partial charge is 0.137 e. The van der Waals surface area contributed by atoms with Crippen LogP contribution in [0.1, 0.15) is 25.3 Å². The van der Waals surface area contributed by atoms with Gasteiger partial charge in [-0.1, -0.05) is 31.0 Å². The number of amidine groups is 1. The molecule has 0 fully saturated rings. The lowest BCUT2D eigenvalue weighted by Gasteiger charge is -2.08. The number of rotatable bonds is 6. The molecule has 0 aliphatic carbocycles. The van der Waals surface area contributed by atoms with Crippen molar-refractivity contribution in [2.45, 2.75) is 26.2 Å². The van der Waals surface area contributed by atoms with Gasteiger partial charge in [-0.25, -0.2) is 0 Å². The van der Waals surface area contributed by atoms with Crippen LogP contribution in [0.3, 0.4) is 0 Å². The van der Waals surface area contributed by atoms with Crippen molar-refractivity contribution in [3.8, 4) is 5.75 Å². The van der Waals surface area contributed by atoms with Crippen LogP contribution in [-0.4, -0.2) is 12.4 Å². The molecule has 0 atom stereocenters. The third-order valence-electron chi connectivity index (χ3n) is 2.15. The minimum Gasteiger partial charge on any atom is -0.492 e. The van der Waals surface area contributed by atoms with Gasteiger partial charge < -0.3 is 10.5 Å². The number of ether oxygens (including phenoxy) is 1. The number of unbranched alkanes of at least 4 members (excludes halogenated alkanes) is 1. The SMILES string of the molecule is CCCCOc1ccc(CC(=N)N)cc1Cl. The third kappa shape index (κ3) is 4.11. The van der Waals surface area contributed by atoms with Gasteiger partial charge in [0.25, 0.3) is 0 Å². The topological polar surface area (TPSA) is 59.1 Å². The number of halogens is 1. The average molecular weight is 241 g/mol. The van der Waals surface area contributed by atoms with Crippen LogP contribution in [0.25, 0.3) is 0 Å². The summed E-state index contributed by atoms with van der Waals surface area (Å²) in [4.78, 5) is 0. The number of hydrogen-bond acceptors (Lipinski definition) is 2. The number of benzene rings is 1. The first-order chi connectivity index (χ1) is 7.63. The molecule has 16 heavy (non-hydrogen) atoms. The molecule has 0 aliphatic rings. The van der Waals surface area contributed by atoms with Crippen molar-refractivity contribution < 1.29 is 4.74 Å². The van der Waals surface area contributed by atoms with Gasteiger partial charge >= 0.3 is 0 Å². The van der Waals surface area contributed by atoms with E-state index in [2.05, 4.69) is 6.92 Å². The van der Waals surface area contributed by atoms with Gasteiger partial charge in [-0.3, -0.25) is 5.41 Å². The van der Waals surface area contributed by atoms with Crippen LogP contribution in [0.2, 0.25) is 5.02 Å². The molecular formula is C12H17ClN2O. The fraction of sp³-hybridized carbons (Fsp3) is 0.417. The van der Waals surface area contributed by atoms with E-state index in [-0.39, 0.29) is 5.84 Å². The van der Waals surface area contributed by atoms with Gasteiger partial charge in [0.15, 0.2) is 0 Å². The summed E-state index contributed by atoms with van der Waals surface area (Å²) in [7, 11) is 0. The van der Waals surface area contributed by atoms with Crippen molar-refractivity contribution in [1.29, 1.82) is 5.41 Å². The Balaban J connectivity index is 2.64. The highest BCUT2D eigenvalue weighted by Gasteiger charge is 2.03. The lowest BCUT2D eigenvalue weighted by atomic mass is 10.1. The lowest BCUT2D eigenvalue weighted by Crippen LogP contribution is -2.12. The summed E-state index contributed by atoms with van der Waals surface area (Å²) in [6.45, 7) is 2.79. The van der Waals surface area contributed by atoms with E-state index in [1.165, 1.54) is 0 Å². The van der Waals surface area contributed by atoms with Gasteiger partial charge in [0.2, 0.25) is 0 Å². The van der Waals surface area contributed by atoms with Crippen molar-refractivity contribution in [1.82, 2.24) is 0 Å². The second-order valence-corrected chi connectivity index (χ2v) is 4.08. The first-order valence-corrected chi connectivity index (χ1v) is 5.75. The van der Waals surface area contributed by atoms with Crippen LogP contribution in [0.4, 0.5) is 0 Å². The Morgan fingerprint density at radius 3 is 2.81 bits per heavy atom. The summed E-state index contributed by atoms with van der Waals surface area (Å²) in [5, 5.41) is 7.77. The summed E-state index contributed by atoms with van der Waals surface area (Å²) in [6.07, 6.45) is 2.54. The molecule has 1 rings (SSSR count). The molecule has 0 aliphatic heterocycles. The van der Waals surface area contributed by atoms with Crippen molar-refractivity contribution in [2.75, 3.05) is 6.61 Å². The van der Waals surface area contributed by atoms with Crippen molar-refractivity contribution in [3.63, 3.8) is 0 Å². The van der Waals surface area contributed by atoms with Crippen molar-refractivity contribution in [3.05, 3.63) is 28.8 Å². The van der Waals surface area contributed by atoms with E-state index in [9.17, 15) is 0 Å². The fourth-order valence-electron chi connectivity index (χ4n) is 1.32. The maximum Gasteiger partial charge on any atom is 0.137 e. The summed E-state index contributed by atoms with van der Waals surface area (Å²) < 4.78 is 5.52. The van der Waals surface area contributed by atoms with E-state index in [1.807, 2.05) is 12.1 Å². The molecule has 0 heterocycles. The van der Waals surface area contributed by atoms with Crippen LogP contribution in [0.15, 0.2) is 18.2 Å². The zero-order valence-corrected chi connectivity index (χ0v) is 10.2. The Hall–Kier alpha value is -1.22. The van der Waals surface area contributed by atoms with E-state index in [0.717, 1.165) is 18.4 Å². The zero-order valence-electron chi connectivity index (χ0n) is 9.42. The quantitative estimate of drug-likeness (QED) is 0.456. The van der Waals surface area contributed by atoms with Crippen LogP contribution < -0.4 is 10.5 Å². The summed E-state index contributed by atoms with van der Waals surface area (Å²) >= 11 is 6.06. The first-order valence-electron chi connectivity index (χ1n) is 5.37. The molecule has 0 spiro atoms. The highest BCUT2D eigenvalue weighted by Crippen LogP contribution is 2.25. The molecule has 0 radical (unpaired) electrons. The van der Waals surface area contributed by atoms with E-state index < -0.39 is 0 Å².